The van der Waals surface area contributed by atoms with Crippen molar-refractivity contribution in [3.63, 3.8) is 0 Å². The number of alkyl halides is 3. The predicted octanol–water partition coefficient (Wildman–Crippen LogP) is 2.66. The Morgan fingerprint density at radius 1 is 1.24 bits per heavy atom. The van der Waals surface area contributed by atoms with Crippen molar-refractivity contribution in [2.24, 2.45) is 7.05 Å². The van der Waals surface area contributed by atoms with Crippen LogP contribution in [0.3, 0.4) is 0 Å². The van der Waals surface area contributed by atoms with Gasteiger partial charge in [0, 0.05) is 0 Å². The molecule has 0 fully saturated rings. The fourth-order valence-corrected chi connectivity index (χ4v) is 0.892. The zero-order chi connectivity index (χ0) is 13.7. The maximum atomic E-state index is 10.5. The van der Waals surface area contributed by atoms with Crippen LogP contribution < -0.4 is 4.57 Å². The summed E-state index contributed by atoms with van der Waals surface area (Å²) in [5.74, 6) is 0. The highest BCUT2D eigenvalue weighted by molar-refractivity contribution is 6.60. The second kappa shape index (κ2) is 5.97. The Balaban J connectivity index is 0.000000304. The first-order chi connectivity index (χ1) is 7.58. The maximum Gasteiger partial charge on any atom is 0.583 e. The molecule has 0 aromatic carbocycles. The predicted molar refractivity (Wildman–Crippen MR) is 51.0 cm³/mol. The molecule has 0 N–H and O–H groups in total. The zero-order valence-electron chi connectivity index (χ0n) is 9.39. The summed E-state index contributed by atoms with van der Waals surface area (Å²) in [6.45, 7) is -3.34. The highest BCUT2D eigenvalue weighted by atomic mass is 19.4. The van der Waals surface area contributed by atoms with Gasteiger partial charge in [0.1, 0.15) is 12.4 Å². The van der Waals surface area contributed by atoms with Gasteiger partial charge in [-0.05, 0) is 6.42 Å². The molecule has 9 heteroatoms. The Bertz CT molecular complexity index is 317. The molecule has 17 heavy (non-hydrogen) atoms. The Morgan fingerprint density at radius 3 is 1.94 bits per heavy atom. The van der Waals surface area contributed by atoms with Crippen molar-refractivity contribution in [3.05, 3.63) is 18.7 Å². The average Bonchev–Trinajstić information content (AvgIpc) is 2.49. The van der Waals surface area contributed by atoms with Gasteiger partial charge in [0.25, 0.3) is 0 Å². The van der Waals surface area contributed by atoms with E-state index in [1.165, 1.54) is 6.42 Å². The maximum absolute atomic E-state index is 10.5. The molecule has 0 aliphatic heterocycles. The number of aromatic nitrogens is 2. The first kappa shape index (κ1) is 15.9. The molecule has 0 aliphatic carbocycles. The molecule has 0 atom stereocenters. The van der Waals surface area contributed by atoms with Crippen LogP contribution in [0.5, 0.6) is 0 Å². The minimum absolute atomic E-state index is 1.13. The molecule has 0 aliphatic rings. The van der Waals surface area contributed by atoms with Crippen LogP contribution in [0.25, 0.3) is 0 Å². The number of hydrogen-bond acceptors (Lipinski definition) is 0. The van der Waals surface area contributed by atoms with E-state index >= 15 is 0 Å². The molecule has 0 saturated carbocycles. The zero-order valence-corrected chi connectivity index (χ0v) is 9.39. The lowest BCUT2D eigenvalue weighted by molar-refractivity contribution is -0.671. The van der Waals surface area contributed by atoms with Crippen molar-refractivity contribution in [1.82, 2.24) is 4.57 Å². The van der Waals surface area contributed by atoms with Gasteiger partial charge in [0.15, 0.2) is 0 Å². The smallest absolute Gasteiger partial charge is 0.443 e. The van der Waals surface area contributed by atoms with Gasteiger partial charge in [-0.2, -0.15) is 0 Å². The molecule has 1 heterocycles. The number of aryl methyl sites for hydroxylation is 2. The fraction of sp³-hybridized carbons (Fsp3) is 0.625. The van der Waals surface area contributed by atoms with Gasteiger partial charge < -0.3 is 12.9 Å². The summed E-state index contributed by atoms with van der Waals surface area (Å²) in [5, 5.41) is 0. The number of imidazole rings is 1. The molecule has 0 saturated heterocycles. The third-order valence-corrected chi connectivity index (χ3v) is 1.68. The Hall–Kier alpha value is -1.15. The lowest BCUT2D eigenvalue weighted by Crippen LogP contribution is -2.37. The van der Waals surface area contributed by atoms with Crippen LogP contribution in [-0.4, -0.2) is 17.6 Å². The number of hydrogen-bond donors (Lipinski definition) is 0. The van der Waals surface area contributed by atoms with E-state index in [0.29, 0.717) is 0 Å². The molecule has 0 spiro atoms. The van der Waals surface area contributed by atoms with E-state index in [2.05, 4.69) is 34.8 Å². The van der Waals surface area contributed by atoms with E-state index < -0.39 is 13.1 Å². The summed E-state index contributed by atoms with van der Waals surface area (Å²) in [4.78, 5) is 0. The minimum atomic E-state index is -6.65. The van der Waals surface area contributed by atoms with Crippen LogP contribution in [0.1, 0.15) is 13.3 Å². The van der Waals surface area contributed by atoms with Crippen LogP contribution in [-0.2, 0) is 13.6 Å². The van der Waals surface area contributed by atoms with E-state index in [1.54, 1.807) is 0 Å². The molecule has 0 bridgehead atoms. The topological polar surface area (TPSA) is 8.81 Å². The molecule has 2 nitrogen and oxygen atoms in total. The standard InChI is InChI=1S/C7H13N2.CBF6/c1-3-4-9-6-5-8(2)7-9;3-1(4,5)2(6,7)8/h5-7H,3-4H2,1-2H3;/q+1;-1. The molecule has 0 radical (unpaired) electrons. The second-order valence-electron chi connectivity index (χ2n) is 3.43. The Morgan fingerprint density at radius 2 is 1.71 bits per heavy atom. The van der Waals surface area contributed by atoms with Crippen molar-refractivity contribution < 1.29 is 30.7 Å². The lowest BCUT2D eigenvalue weighted by Gasteiger charge is -2.16. The van der Waals surface area contributed by atoms with Crippen LogP contribution >= 0.6 is 0 Å². The van der Waals surface area contributed by atoms with Gasteiger partial charge in [-0.3, -0.25) is 0 Å². The summed E-state index contributed by atoms with van der Waals surface area (Å²) in [7, 11) is 2.03. The fourth-order valence-electron chi connectivity index (χ4n) is 0.892. The molecular formula is C8H13BF6N2. The minimum Gasteiger partial charge on any atom is -0.443 e. The van der Waals surface area contributed by atoms with Crippen molar-refractivity contribution >= 4 is 6.98 Å². The van der Waals surface area contributed by atoms with Gasteiger partial charge in [-0.25, -0.2) is 22.3 Å². The van der Waals surface area contributed by atoms with Gasteiger partial charge in [0.05, 0.1) is 13.6 Å². The molecule has 1 aromatic heterocycles. The third-order valence-electron chi connectivity index (χ3n) is 1.68. The normalized spacial score (nSPS) is 12.0. The van der Waals surface area contributed by atoms with E-state index in [0.717, 1.165) is 6.54 Å². The first-order valence-electron chi connectivity index (χ1n) is 4.85. The van der Waals surface area contributed by atoms with E-state index in [9.17, 15) is 26.1 Å². The molecule has 0 unspecified atom stereocenters. The first-order valence-corrected chi connectivity index (χ1v) is 4.85. The van der Waals surface area contributed by atoms with Crippen LogP contribution in [0.15, 0.2) is 18.7 Å². The van der Waals surface area contributed by atoms with Gasteiger partial charge in [-0.1, -0.05) is 6.92 Å². The number of rotatable bonds is 2. The van der Waals surface area contributed by atoms with Crippen LogP contribution in [0.4, 0.5) is 26.1 Å². The average molecular weight is 262 g/mol. The second-order valence-corrected chi connectivity index (χ2v) is 3.43. The van der Waals surface area contributed by atoms with Crippen molar-refractivity contribution in [3.8, 4) is 0 Å². The Kier molecular flexibility index (Phi) is 5.57. The van der Waals surface area contributed by atoms with E-state index in [4.69, 9.17) is 0 Å². The van der Waals surface area contributed by atoms with Crippen molar-refractivity contribution in [1.29, 1.82) is 0 Å². The van der Waals surface area contributed by atoms with Crippen LogP contribution in [0, 0.1) is 0 Å². The van der Waals surface area contributed by atoms with Gasteiger partial charge in [0.2, 0.25) is 6.33 Å². The van der Waals surface area contributed by atoms with E-state index in [-0.39, 0.29) is 0 Å². The monoisotopic (exact) mass is 262 g/mol. The highest BCUT2D eigenvalue weighted by Gasteiger charge is 2.53. The summed E-state index contributed by atoms with van der Waals surface area (Å²) in [6, 6.07) is 0. The number of halogens is 6. The highest BCUT2D eigenvalue weighted by Crippen LogP contribution is 2.31. The molecule has 0 amide bonds. The van der Waals surface area contributed by atoms with Crippen molar-refractivity contribution in [2.45, 2.75) is 26.0 Å². The molecule has 1 rings (SSSR count). The van der Waals surface area contributed by atoms with Gasteiger partial charge >= 0.3 is 13.1 Å². The quantitative estimate of drug-likeness (QED) is 0.440. The Labute approximate surface area is 94.9 Å². The molecule has 100 valence electrons. The number of nitrogens with zero attached hydrogens (tertiary/aromatic N) is 2. The van der Waals surface area contributed by atoms with Crippen LogP contribution in [0.2, 0.25) is 0 Å². The largest absolute Gasteiger partial charge is 0.583 e. The summed E-state index contributed by atoms with van der Waals surface area (Å²) in [6.07, 6.45) is 1.43. The SMILES string of the molecule is CCCn1cc[n+](C)c1.F[B-](F)(F)C(F)(F)F. The summed E-state index contributed by atoms with van der Waals surface area (Å²) in [5.41, 5.74) is 0. The van der Waals surface area contributed by atoms with E-state index in [1.807, 2.05) is 7.05 Å². The lowest BCUT2D eigenvalue weighted by atomic mass is 9.92. The molecule has 1 aromatic rings. The van der Waals surface area contributed by atoms with Gasteiger partial charge in [-0.15, -0.1) is 0 Å². The molecular weight excluding hydrogens is 249 g/mol. The summed E-state index contributed by atoms with van der Waals surface area (Å²) < 4.78 is 67.1. The summed E-state index contributed by atoms with van der Waals surface area (Å²) >= 11 is 0. The third kappa shape index (κ3) is 6.23. The van der Waals surface area contributed by atoms with Crippen molar-refractivity contribution in [2.75, 3.05) is 0 Å².